The van der Waals surface area contributed by atoms with Crippen molar-refractivity contribution in [2.24, 2.45) is 0 Å². The molecule has 5 heteroatoms. The number of nitrogens with one attached hydrogen (secondary N) is 2. The summed E-state index contributed by atoms with van der Waals surface area (Å²) in [5.41, 5.74) is 4.19. The van der Waals surface area contributed by atoms with Crippen molar-refractivity contribution in [3.05, 3.63) is 72.4 Å². The van der Waals surface area contributed by atoms with Gasteiger partial charge in [-0.15, -0.1) is 0 Å². The van der Waals surface area contributed by atoms with Crippen molar-refractivity contribution < 1.29 is 0 Å². The van der Waals surface area contributed by atoms with Gasteiger partial charge in [-0.1, -0.05) is 48.5 Å². The third-order valence-corrected chi connectivity index (χ3v) is 3.98. The minimum atomic E-state index is 0.306. The standard InChI is InChI=1S/C20H22N4S/c1-15(2)22-20(25)21-13-17-14-24(18-11-7-4-8-12-18)23-19(17)16-9-5-3-6-10-16/h3-12,14-15H,13H2,1-2H3,(H2,21,22,25). The van der Waals surface area contributed by atoms with Crippen LogP contribution in [0.1, 0.15) is 19.4 Å². The predicted octanol–water partition coefficient (Wildman–Crippen LogP) is 3.91. The van der Waals surface area contributed by atoms with E-state index in [-0.39, 0.29) is 0 Å². The van der Waals surface area contributed by atoms with Crippen molar-refractivity contribution in [2.45, 2.75) is 26.4 Å². The maximum Gasteiger partial charge on any atom is 0.166 e. The van der Waals surface area contributed by atoms with Crippen molar-refractivity contribution in [3.8, 4) is 16.9 Å². The first-order valence-electron chi connectivity index (χ1n) is 8.37. The zero-order chi connectivity index (χ0) is 17.6. The van der Waals surface area contributed by atoms with Gasteiger partial charge in [0, 0.05) is 29.9 Å². The van der Waals surface area contributed by atoms with Crippen molar-refractivity contribution >= 4 is 17.3 Å². The van der Waals surface area contributed by atoms with Crippen LogP contribution in [0.25, 0.3) is 16.9 Å². The molecule has 0 aliphatic carbocycles. The van der Waals surface area contributed by atoms with Gasteiger partial charge in [-0.05, 0) is 38.2 Å². The number of thiocarbonyl (C=S) groups is 1. The Balaban J connectivity index is 1.89. The molecule has 0 unspecified atom stereocenters. The molecule has 1 heterocycles. The Kier molecular flexibility index (Phi) is 5.46. The molecular weight excluding hydrogens is 328 g/mol. The van der Waals surface area contributed by atoms with Crippen LogP contribution in [-0.2, 0) is 6.54 Å². The van der Waals surface area contributed by atoms with Crippen LogP contribution in [0.4, 0.5) is 0 Å². The molecule has 128 valence electrons. The second-order valence-electron chi connectivity index (χ2n) is 6.13. The average molecular weight is 350 g/mol. The molecule has 25 heavy (non-hydrogen) atoms. The normalized spacial score (nSPS) is 10.7. The van der Waals surface area contributed by atoms with Crippen LogP contribution in [-0.4, -0.2) is 20.9 Å². The van der Waals surface area contributed by atoms with Crippen molar-refractivity contribution in [2.75, 3.05) is 0 Å². The molecule has 4 nitrogen and oxygen atoms in total. The van der Waals surface area contributed by atoms with Gasteiger partial charge in [0.15, 0.2) is 5.11 Å². The van der Waals surface area contributed by atoms with Gasteiger partial charge in [0.2, 0.25) is 0 Å². The number of benzene rings is 2. The lowest BCUT2D eigenvalue weighted by molar-refractivity contribution is 0.712. The van der Waals surface area contributed by atoms with Gasteiger partial charge in [-0.2, -0.15) is 5.10 Å². The molecule has 0 aliphatic heterocycles. The minimum absolute atomic E-state index is 0.306. The summed E-state index contributed by atoms with van der Waals surface area (Å²) in [6.07, 6.45) is 2.06. The summed E-state index contributed by atoms with van der Waals surface area (Å²) in [7, 11) is 0. The van der Waals surface area contributed by atoms with E-state index in [1.807, 2.05) is 53.2 Å². The molecule has 2 N–H and O–H groups in total. The van der Waals surface area contributed by atoms with Crippen LogP contribution in [0.15, 0.2) is 66.9 Å². The van der Waals surface area contributed by atoms with Gasteiger partial charge in [-0.25, -0.2) is 4.68 Å². The number of nitrogens with zero attached hydrogens (tertiary/aromatic N) is 2. The van der Waals surface area contributed by atoms with Crippen molar-refractivity contribution in [1.29, 1.82) is 0 Å². The van der Waals surface area contributed by atoms with E-state index >= 15 is 0 Å². The highest BCUT2D eigenvalue weighted by atomic mass is 32.1. The Labute approximate surface area is 153 Å². The highest BCUT2D eigenvalue weighted by Gasteiger charge is 2.12. The van der Waals surface area contributed by atoms with Gasteiger partial charge < -0.3 is 10.6 Å². The van der Waals surface area contributed by atoms with Gasteiger partial charge in [0.05, 0.1) is 11.4 Å². The van der Waals surface area contributed by atoms with E-state index in [0.29, 0.717) is 17.7 Å². The lowest BCUT2D eigenvalue weighted by Gasteiger charge is -2.12. The maximum atomic E-state index is 5.34. The van der Waals surface area contributed by atoms with Crippen LogP contribution in [0, 0.1) is 0 Å². The molecule has 0 amide bonds. The topological polar surface area (TPSA) is 41.9 Å². The largest absolute Gasteiger partial charge is 0.361 e. The molecule has 0 atom stereocenters. The van der Waals surface area contributed by atoms with E-state index in [2.05, 4.69) is 42.8 Å². The summed E-state index contributed by atoms with van der Waals surface area (Å²) in [4.78, 5) is 0. The molecule has 0 fully saturated rings. The predicted molar refractivity (Wildman–Crippen MR) is 107 cm³/mol. The van der Waals surface area contributed by atoms with Gasteiger partial charge >= 0.3 is 0 Å². The first kappa shape index (κ1) is 17.2. The Bertz CT molecular complexity index is 825. The molecule has 2 aromatic carbocycles. The Morgan fingerprint density at radius 2 is 1.68 bits per heavy atom. The molecule has 0 aliphatic rings. The van der Waals surface area contributed by atoms with E-state index in [9.17, 15) is 0 Å². The summed E-state index contributed by atoms with van der Waals surface area (Å²) in [5, 5.41) is 11.9. The number of aromatic nitrogens is 2. The first-order chi connectivity index (χ1) is 12.1. The fourth-order valence-electron chi connectivity index (χ4n) is 2.58. The van der Waals surface area contributed by atoms with Gasteiger partial charge in [-0.3, -0.25) is 0 Å². The SMILES string of the molecule is CC(C)NC(=S)NCc1cn(-c2ccccc2)nc1-c1ccccc1. The molecule has 0 spiro atoms. The average Bonchev–Trinajstić information content (AvgIpc) is 3.05. The molecule has 0 radical (unpaired) electrons. The number of hydrogen-bond donors (Lipinski definition) is 2. The second kappa shape index (κ2) is 7.94. The van der Waals surface area contributed by atoms with E-state index < -0.39 is 0 Å². The highest BCUT2D eigenvalue weighted by molar-refractivity contribution is 7.80. The molecule has 3 aromatic rings. The van der Waals surface area contributed by atoms with E-state index in [1.54, 1.807) is 0 Å². The highest BCUT2D eigenvalue weighted by Crippen LogP contribution is 2.23. The lowest BCUT2D eigenvalue weighted by Crippen LogP contribution is -2.38. The van der Waals surface area contributed by atoms with Crippen LogP contribution in [0.5, 0.6) is 0 Å². The molecule has 1 aromatic heterocycles. The molecule has 0 bridgehead atoms. The molecule has 0 saturated carbocycles. The third-order valence-electron chi connectivity index (χ3n) is 3.72. The fraction of sp³-hybridized carbons (Fsp3) is 0.200. The summed E-state index contributed by atoms with van der Waals surface area (Å²) >= 11 is 5.34. The molecule has 0 saturated heterocycles. The van der Waals surface area contributed by atoms with E-state index in [0.717, 1.165) is 22.5 Å². The fourth-order valence-corrected chi connectivity index (χ4v) is 2.89. The molecular formula is C20H22N4S. The van der Waals surface area contributed by atoms with Crippen LogP contribution in [0.3, 0.4) is 0 Å². The Hall–Kier alpha value is -2.66. The number of hydrogen-bond acceptors (Lipinski definition) is 2. The summed E-state index contributed by atoms with van der Waals surface area (Å²) in [6.45, 7) is 4.75. The lowest BCUT2D eigenvalue weighted by atomic mass is 10.1. The zero-order valence-electron chi connectivity index (χ0n) is 14.4. The van der Waals surface area contributed by atoms with Crippen LogP contribution < -0.4 is 10.6 Å². The third kappa shape index (κ3) is 4.45. The second-order valence-corrected chi connectivity index (χ2v) is 6.54. The van der Waals surface area contributed by atoms with Gasteiger partial charge in [0.25, 0.3) is 0 Å². The van der Waals surface area contributed by atoms with E-state index in [4.69, 9.17) is 17.3 Å². The monoisotopic (exact) mass is 350 g/mol. The smallest absolute Gasteiger partial charge is 0.166 e. The first-order valence-corrected chi connectivity index (χ1v) is 8.78. The summed E-state index contributed by atoms with van der Waals surface area (Å²) < 4.78 is 1.91. The van der Waals surface area contributed by atoms with E-state index in [1.165, 1.54) is 0 Å². The van der Waals surface area contributed by atoms with Crippen LogP contribution >= 0.6 is 12.2 Å². The van der Waals surface area contributed by atoms with Crippen molar-refractivity contribution in [1.82, 2.24) is 20.4 Å². The summed E-state index contributed by atoms with van der Waals surface area (Å²) in [5.74, 6) is 0. The van der Waals surface area contributed by atoms with Crippen molar-refractivity contribution in [3.63, 3.8) is 0 Å². The maximum absolute atomic E-state index is 5.34. The van der Waals surface area contributed by atoms with Gasteiger partial charge in [0.1, 0.15) is 0 Å². The number of para-hydroxylation sites is 1. The quantitative estimate of drug-likeness (QED) is 0.685. The minimum Gasteiger partial charge on any atom is -0.361 e. The number of rotatable bonds is 5. The Morgan fingerprint density at radius 1 is 1.04 bits per heavy atom. The Morgan fingerprint density at radius 3 is 2.32 bits per heavy atom. The molecule has 3 rings (SSSR count). The van der Waals surface area contributed by atoms with Crippen LogP contribution in [0.2, 0.25) is 0 Å². The summed E-state index contributed by atoms with van der Waals surface area (Å²) in [6, 6.07) is 20.6. The zero-order valence-corrected chi connectivity index (χ0v) is 15.3.